The fourth-order valence-electron chi connectivity index (χ4n) is 2.20. The molecule has 0 fully saturated rings. The van der Waals surface area contributed by atoms with Gasteiger partial charge >= 0.3 is 6.18 Å². The second-order valence-electron chi connectivity index (χ2n) is 5.38. The van der Waals surface area contributed by atoms with Crippen LogP contribution in [0.3, 0.4) is 0 Å². The first-order chi connectivity index (χ1) is 12.7. The van der Waals surface area contributed by atoms with Gasteiger partial charge in [0.05, 0.1) is 16.3 Å². The maximum absolute atomic E-state index is 12.8. The Morgan fingerprint density at radius 3 is 2.67 bits per heavy atom. The van der Waals surface area contributed by atoms with Gasteiger partial charge in [0.1, 0.15) is 6.54 Å². The van der Waals surface area contributed by atoms with Crippen LogP contribution in [0.4, 0.5) is 18.9 Å². The first-order valence-electron chi connectivity index (χ1n) is 7.49. The number of carbonyl (C=O) groups excluding carboxylic acids is 1. The van der Waals surface area contributed by atoms with Crippen molar-refractivity contribution in [3.05, 3.63) is 69.7 Å². The van der Waals surface area contributed by atoms with Gasteiger partial charge in [0, 0.05) is 18.5 Å². The molecule has 3 rings (SSSR count). The van der Waals surface area contributed by atoms with Crippen molar-refractivity contribution in [1.82, 2.24) is 19.6 Å². The number of nitrogens with one attached hydrogen (secondary N) is 1. The van der Waals surface area contributed by atoms with E-state index in [4.69, 9.17) is 11.6 Å². The SMILES string of the molecule is O=C(Cn1nc(-n2cccn2)ccc1=O)Nc1cc(C(F)(F)F)ccc1Cl. The molecule has 0 unspecified atom stereocenters. The van der Waals surface area contributed by atoms with Crippen LogP contribution in [0, 0.1) is 0 Å². The molecule has 11 heteroatoms. The summed E-state index contributed by atoms with van der Waals surface area (Å²) in [7, 11) is 0. The Hall–Kier alpha value is -3.14. The van der Waals surface area contributed by atoms with Gasteiger partial charge < -0.3 is 5.32 Å². The monoisotopic (exact) mass is 397 g/mol. The number of hydrogen-bond acceptors (Lipinski definition) is 4. The number of carbonyl (C=O) groups is 1. The van der Waals surface area contributed by atoms with E-state index in [0.29, 0.717) is 5.82 Å². The third-order valence-corrected chi connectivity index (χ3v) is 3.78. The summed E-state index contributed by atoms with van der Waals surface area (Å²) in [4.78, 5) is 24.1. The molecule has 3 aromatic rings. The van der Waals surface area contributed by atoms with Gasteiger partial charge in [-0.3, -0.25) is 9.59 Å². The Balaban J connectivity index is 1.81. The molecule has 0 bridgehead atoms. The van der Waals surface area contributed by atoms with Crippen LogP contribution in [0.25, 0.3) is 5.82 Å². The van der Waals surface area contributed by atoms with Crippen LogP contribution in [-0.2, 0) is 17.5 Å². The zero-order valence-electron chi connectivity index (χ0n) is 13.4. The number of amides is 1. The van der Waals surface area contributed by atoms with Crippen LogP contribution in [0.5, 0.6) is 0 Å². The maximum Gasteiger partial charge on any atom is 0.416 e. The number of rotatable bonds is 4. The van der Waals surface area contributed by atoms with Gasteiger partial charge in [0.15, 0.2) is 5.82 Å². The first-order valence-corrected chi connectivity index (χ1v) is 7.86. The summed E-state index contributed by atoms with van der Waals surface area (Å²) >= 11 is 5.84. The predicted molar refractivity (Wildman–Crippen MR) is 90.7 cm³/mol. The average molecular weight is 398 g/mol. The molecule has 0 saturated carbocycles. The number of nitrogens with zero attached hydrogens (tertiary/aromatic N) is 4. The van der Waals surface area contributed by atoms with Gasteiger partial charge in [-0.15, -0.1) is 5.10 Å². The molecule has 0 spiro atoms. The fraction of sp³-hybridized carbons (Fsp3) is 0.125. The van der Waals surface area contributed by atoms with Crippen LogP contribution in [0.1, 0.15) is 5.56 Å². The first kappa shape index (κ1) is 18.6. The maximum atomic E-state index is 12.8. The summed E-state index contributed by atoms with van der Waals surface area (Å²) in [5.41, 5.74) is -1.73. The lowest BCUT2D eigenvalue weighted by atomic mass is 10.2. The summed E-state index contributed by atoms with van der Waals surface area (Å²) in [6, 6.07) is 6.83. The standard InChI is InChI=1S/C16H11ClF3N5O2/c17-11-3-2-10(16(18,19)20)8-12(11)22-14(26)9-25-15(27)5-4-13(23-25)24-7-1-6-21-24/h1-8H,9H2,(H,22,26). The van der Waals surface area contributed by atoms with Crippen molar-refractivity contribution >= 4 is 23.2 Å². The lowest BCUT2D eigenvalue weighted by Gasteiger charge is -2.12. The molecule has 7 nitrogen and oxygen atoms in total. The van der Waals surface area contributed by atoms with Gasteiger partial charge in [-0.2, -0.15) is 18.3 Å². The molecule has 140 valence electrons. The minimum Gasteiger partial charge on any atom is -0.323 e. The number of alkyl halides is 3. The number of aromatic nitrogens is 4. The highest BCUT2D eigenvalue weighted by molar-refractivity contribution is 6.33. The van der Waals surface area contributed by atoms with E-state index in [2.05, 4.69) is 15.5 Å². The van der Waals surface area contributed by atoms with E-state index >= 15 is 0 Å². The van der Waals surface area contributed by atoms with Gasteiger partial charge in [-0.25, -0.2) is 9.36 Å². The molecule has 0 atom stereocenters. The van der Waals surface area contributed by atoms with Crippen LogP contribution in [-0.4, -0.2) is 25.5 Å². The van der Waals surface area contributed by atoms with Crippen LogP contribution < -0.4 is 10.9 Å². The normalized spacial score (nSPS) is 11.4. The summed E-state index contributed by atoms with van der Waals surface area (Å²) in [5.74, 6) is -0.465. The number of benzene rings is 1. The summed E-state index contributed by atoms with van der Waals surface area (Å²) in [5, 5.41) is 10.2. The summed E-state index contributed by atoms with van der Waals surface area (Å²) in [6.45, 7) is -0.513. The quantitative estimate of drug-likeness (QED) is 0.734. The van der Waals surface area contributed by atoms with Crippen molar-refractivity contribution in [3.63, 3.8) is 0 Å². The Morgan fingerprint density at radius 1 is 1.22 bits per heavy atom. The highest BCUT2D eigenvalue weighted by Gasteiger charge is 2.31. The lowest BCUT2D eigenvalue weighted by molar-refractivity contribution is -0.137. The second kappa shape index (κ2) is 7.23. The van der Waals surface area contributed by atoms with E-state index in [-0.39, 0.29) is 10.7 Å². The van der Waals surface area contributed by atoms with E-state index in [9.17, 15) is 22.8 Å². The molecule has 0 aliphatic carbocycles. The van der Waals surface area contributed by atoms with Crippen molar-refractivity contribution in [3.8, 4) is 5.82 Å². The average Bonchev–Trinajstić information content (AvgIpc) is 3.12. The second-order valence-corrected chi connectivity index (χ2v) is 5.79. The molecule has 2 aromatic heterocycles. The third kappa shape index (κ3) is 4.34. The van der Waals surface area contributed by atoms with Crippen LogP contribution >= 0.6 is 11.6 Å². The van der Waals surface area contributed by atoms with E-state index in [1.807, 2.05) is 0 Å². The van der Waals surface area contributed by atoms with Gasteiger partial charge in [-0.1, -0.05) is 11.6 Å². The Labute approximate surface area is 155 Å². The van der Waals surface area contributed by atoms with Crippen molar-refractivity contribution in [2.75, 3.05) is 5.32 Å². The van der Waals surface area contributed by atoms with Crippen molar-refractivity contribution < 1.29 is 18.0 Å². The molecule has 1 amide bonds. The third-order valence-electron chi connectivity index (χ3n) is 3.45. The van der Waals surface area contributed by atoms with Gasteiger partial charge in [0.25, 0.3) is 5.56 Å². The number of anilines is 1. The minimum atomic E-state index is -4.58. The van der Waals surface area contributed by atoms with Crippen LogP contribution in [0.2, 0.25) is 5.02 Å². The lowest BCUT2D eigenvalue weighted by Crippen LogP contribution is -2.30. The van der Waals surface area contributed by atoms with Crippen molar-refractivity contribution in [1.29, 1.82) is 0 Å². The largest absolute Gasteiger partial charge is 0.416 e. The van der Waals surface area contributed by atoms with Crippen molar-refractivity contribution in [2.24, 2.45) is 0 Å². The summed E-state index contributed by atoms with van der Waals surface area (Å²) < 4.78 is 40.6. The Bertz CT molecular complexity index is 1030. The molecular formula is C16H11ClF3N5O2. The van der Waals surface area contributed by atoms with Crippen LogP contribution in [0.15, 0.2) is 53.6 Å². The highest BCUT2D eigenvalue weighted by atomic mass is 35.5. The molecule has 0 aliphatic heterocycles. The van der Waals surface area contributed by atoms with E-state index < -0.39 is 29.8 Å². The van der Waals surface area contributed by atoms with E-state index in [1.54, 1.807) is 12.3 Å². The topological polar surface area (TPSA) is 81.8 Å². The molecule has 27 heavy (non-hydrogen) atoms. The molecule has 0 aliphatic rings. The number of hydrogen-bond donors (Lipinski definition) is 1. The minimum absolute atomic E-state index is 0.0676. The predicted octanol–water partition coefficient (Wildman–Crippen LogP) is 2.74. The van der Waals surface area contributed by atoms with Gasteiger partial charge in [0.2, 0.25) is 5.91 Å². The molecule has 2 heterocycles. The molecule has 0 saturated heterocycles. The van der Waals surface area contributed by atoms with E-state index in [0.717, 1.165) is 22.9 Å². The molecule has 1 N–H and O–H groups in total. The Kier molecular flexibility index (Phi) is 5.00. The zero-order chi connectivity index (χ0) is 19.6. The molecular weight excluding hydrogens is 387 g/mol. The highest BCUT2D eigenvalue weighted by Crippen LogP contribution is 2.33. The zero-order valence-corrected chi connectivity index (χ0v) is 14.2. The van der Waals surface area contributed by atoms with E-state index in [1.165, 1.54) is 23.0 Å². The smallest absolute Gasteiger partial charge is 0.323 e. The molecule has 0 radical (unpaired) electrons. The molecule has 1 aromatic carbocycles. The van der Waals surface area contributed by atoms with Crippen molar-refractivity contribution in [2.45, 2.75) is 12.7 Å². The Morgan fingerprint density at radius 2 is 2.00 bits per heavy atom. The fourth-order valence-corrected chi connectivity index (χ4v) is 2.37. The summed E-state index contributed by atoms with van der Waals surface area (Å²) in [6.07, 6.45) is -1.47. The number of halogens is 4. The van der Waals surface area contributed by atoms with Gasteiger partial charge in [-0.05, 0) is 30.3 Å².